The Kier molecular flexibility index (Phi) is 9.92. The molecule has 0 bridgehead atoms. The Labute approximate surface area is 148 Å². The van der Waals surface area contributed by atoms with Crippen LogP contribution in [0.25, 0.3) is 0 Å². The molecule has 0 aliphatic carbocycles. The molecule has 0 aliphatic heterocycles. The molecule has 0 radical (unpaired) electrons. The second kappa shape index (κ2) is 11.7. The fourth-order valence-electron chi connectivity index (χ4n) is 2.13. The highest BCUT2D eigenvalue weighted by Crippen LogP contribution is 2.16. The third kappa shape index (κ3) is 8.77. The molecule has 2 N–H and O–H groups in total. The SMILES string of the molecule is CCCCC/C=C\C(C)CCC(=O)NSc1ccc(C(=O)O)cc1. The summed E-state index contributed by atoms with van der Waals surface area (Å²) in [6, 6.07) is 6.44. The Morgan fingerprint density at radius 3 is 2.58 bits per heavy atom. The first-order valence-corrected chi connectivity index (χ1v) is 9.30. The number of unbranched alkanes of at least 4 members (excludes halogenated alkanes) is 3. The van der Waals surface area contributed by atoms with Crippen molar-refractivity contribution in [3.05, 3.63) is 42.0 Å². The number of amides is 1. The van der Waals surface area contributed by atoms with Crippen LogP contribution in [0, 0.1) is 5.92 Å². The predicted molar refractivity (Wildman–Crippen MR) is 99.1 cm³/mol. The molecule has 1 rings (SSSR count). The number of nitrogens with one attached hydrogen (secondary N) is 1. The Morgan fingerprint density at radius 2 is 1.96 bits per heavy atom. The number of rotatable bonds is 11. The van der Waals surface area contributed by atoms with Gasteiger partial charge >= 0.3 is 5.97 Å². The van der Waals surface area contributed by atoms with Gasteiger partial charge in [0.15, 0.2) is 0 Å². The maximum Gasteiger partial charge on any atom is 0.335 e. The Balaban J connectivity index is 2.22. The van der Waals surface area contributed by atoms with Crippen molar-refractivity contribution in [3.63, 3.8) is 0 Å². The van der Waals surface area contributed by atoms with Crippen LogP contribution in [0.1, 0.15) is 62.7 Å². The summed E-state index contributed by atoms with van der Waals surface area (Å²) in [5.74, 6) is -0.557. The lowest BCUT2D eigenvalue weighted by Gasteiger charge is -2.07. The van der Waals surface area contributed by atoms with Crippen LogP contribution in [0.15, 0.2) is 41.3 Å². The van der Waals surface area contributed by atoms with Gasteiger partial charge in [0.25, 0.3) is 0 Å². The van der Waals surface area contributed by atoms with Crippen molar-refractivity contribution in [2.45, 2.75) is 57.3 Å². The number of allylic oxidation sites excluding steroid dienone is 2. The van der Waals surface area contributed by atoms with E-state index in [1.54, 1.807) is 12.1 Å². The van der Waals surface area contributed by atoms with E-state index in [1.165, 1.54) is 43.3 Å². The molecule has 24 heavy (non-hydrogen) atoms. The largest absolute Gasteiger partial charge is 0.478 e. The molecule has 0 aliphatic rings. The van der Waals surface area contributed by atoms with E-state index in [2.05, 4.69) is 30.7 Å². The van der Waals surface area contributed by atoms with Gasteiger partial charge in [0, 0.05) is 11.3 Å². The standard InChI is InChI=1S/C19H27NO3S/c1-3-4-5-6-7-8-15(2)9-14-18(21)20-24-17-12-10-16(11-13-17)19(22)23/h7-8,10-13,15H,3-6,9,14H2,1-2H3,(H,20,21)(H,22,23)/b8-7-. The van der Waals surface area contributed by atoms with Crippen molar-refractivity contribution in [2.24, 2.45) is 5.92 Å². The summed E-state index contributed by atoms with van der Waals surface area (Å²) in [5, 5.41) is 8.84. The summed E-state index contributed by atoms with van der Waals surface area (Å²) in [5.41, 5.74) is 0.241. The number of carbonyl (C=O) groups excluding carboxylic acids is 1. The second-order valence-electron chi connectivity index (χ2n) is 5.90. The van der Waals surface area contributed by atoms with Gasteiger partial charge in [-0.1, -0.05) is 38.8 Å². The number of hydrogen-bond donors (Lipinski definition) is 2. The third-order valence-corrected chi connectivity index (χ3v) is 4.49. The maximum atomic E-state index is 11.9. The summed E-state index contributed by atoms with van der Waals surface area (Å²) < 4.78 is 2.79. The van der Waals surface area contributed by atoms with Crippen LogP contribution in [-0.2, 0) is 4.79 Å². The van der Waals surface area contributed by atoms with E-state index >= 15 is 0 Å². The highest BCUT2D eigenvalue weighted by Gasteiger charge is 2.06. The molecular formula is C19H27NO3S. The minimum atomic E-state index is -0.952. The van der Waals surface area contributed by atoms with Gasteiger partial charge in [-0.05, 0) is 61.4 Å². The monoisotopic (exact) mass is 349 g/mol. The van der Waals surface area contributed by atoms with E-state index in [9.17, 15) is 9.59 Å². The summed E-state index contributed by atoms with van der Waals surface area (Å²) in [7, 11) is 0. The minimum Gasteiger partial charge on any atom is -0.478 e. The van der Waals surface area contributed by atoms with E-state index in [0.717, 1.165) is 17.7 Å². The molecule has 0 heterocycles. The number of benzene rings is 1. The van der Waals surface area contributed by atoms with Crippen LogP contribution in [0.4, 0.5) is 0 Å². The average molecular weight is 349 g/mol. The second-order valence-corrected chi connectivity index (χ2v) is 6.78. The van der Waals surface area contributed by atoms with Crippen LogP contribution in [0.5, 0.6) is 0 Å². The van der Waals surface area contributed by atoms with Gasteiger partial charge in [-0.15, -0.1) is 0 Å². The fraction of sp³-hybridized carbons (Fsp3) is 0.474. The van der Waals surface area contributed by atoms with Gasteiger partial charge in [-0.25, -0.2) is 4.79 Å². The summed E-state index contributed by atoms with van der Waals surface area (Å²) in [6.07, 6.45) is 10.6. The number of carboxylic acids is 1. The smallest absolute Gasteiger partial charge is 0.335 e. The normalized spacial score (nSPS) is 12.2. The summed E-state index contributed by atoms with van der Waals surface area (Å²) >= 11 is 1.22. The molecule has 0 saturated heterocycles. The van der Waals surface area contributed by atoms with E-state index in [4.69, 9.17) is 5.11 Å². The Morgan fingerprint density at radius 1 is 1.25 bits per heavy atom. The molecule has 0 spiro atoms. The molecular weight excluding hydrogens is 322 g/mol. The van der Waals surface area contributed by atoms with Gasteiger partial charge in [0.2, 0.25) is 5.91 Å². The van der Waals surface area contributed by atoms with Crippen molar-refractivity contribution in [2.75, 3.05) is 0 Å². The molecule has 132 valence electrons. The van der Waals surface area contributed by atoms with E-state index in [1.807, 2.05) is 0 Å². The van der Waals surface area contributed by atoms with Crippen LogP contribution in [-0.4, -0.2) is 17.0 Å². The Hall–Kier alpha value is -1.75. The lowest BCUT2D eigenvalue weighted by molar-refractivity contribution is -0.119. The molecule has 1 aromatic rings. The van der Waals surface area contributed by atoms with Gasteiger partial charge < -0.3 is 5.11 Å². The number of carboxylic acid groups (broad SMARTS) is 1. The number of aromatic carboxylic acids is 1. The van der Waals surface area contributed by atoms with Crippen molar-refractivity contribution in [1.82, 2.24) is 4.72 Å². The van der Waals surface area contributed by atoms with Crippen LogP contribution in [0.3, 0.4) is 0 Å². The quantitative estimate of drug-likeness (QED) is 0.333. The van der Waals surface area contributed by atoms with Crippen molar-refractivity contribution in [3.8, 4) is 0 Å². The highest BCUT2D eigenvalue weighted by molar-refractivity contribution is 7.98. The van der Waals surface area contributed by atoms with E-state index in [-0.39, 0.29) is 11.5 Å². The topological polar surface area (TPSA) is 66.4 Å². The highest BCUT2D eigenvalue weighted by atomic mass is 32.2. The third-order valence-electron chi connectivity index (χ3n) is 3.65. The zero-order valence-corrected chi connectivity index (χ0v) is 15.3. The Bertz CT molecular complexity index is 540. The molecule has 1 aromatic carbocycles. The van der Waals surface area contributed by atoms with Crippen molar-refractivity contribution in [1.29, 1.82) is 0 Å². The van der Waals surface area contributed by atoms with E-state index < -0.39 is 5.97 Å². The van der Waals surface area contributed by atoms with Crippen molar-refractivity contribution < 1.29 is 14.7 Å². The summed E-state index contributed by atoms with van der Waals surface area (Å²) in [4.78, 5) is 23.4. The molecule has 0 fully saturated rings. The molecule has 1 unspecified atom stereocenters. The average Bonchev–Trinajstić information content (AvgIpc) is 2.58. The van der Waals surface area contributed by atoms with Gasteiger partial charge in [0.1, 0.15) is 0 Å². The lowest BCUT2D eigenvalue weighted by atomic mass is 10.0. The van der Waals surface area contributed by atoms with Gasteiger partial charge in [0.05, 0.1) is 5.56 Å². The number of carbonyl (C=O) groups is 2. The van der Waals surface area contributed by atoms with Crippen molar-refractivity contribution >= 4 is 23.8 Å². The first-order valence-electron chi connectivity index (χ1n) is 8.48. The molecule has 0 saturated carbocycles. The molecule has 1 amide bonds. The first kappa shape index (κ1) is 20.3. The zero-order valence-electron chi connectivity index (χ0n) is 14.5. The lowest BCUT2D eigenvalue weighted by Crippen LogP contribution is -2.15. The first-order chi connectivity index (χ1) is 11.5. The molecule has 1 atom stereocenters. The zero-order chi connectivity index (χ0) is 17.8. The summed E-state index contributed by atoms with van der Waals surface area (Å²) in [6.45, 7) is 4.32. The number of hydrogen-bond acceptors (Lipinski definition) is 3. The maximum absolute atomic E-state index is 11.9. The minimum absolute atomic E-state index is 0.00598. The predicted octanol–water partition coefficient (Wildman–Crippen LogP) is 5.06. The van der Waals surface area contributed by atoms with Gasteiger partial charge in [-0.2, -0.15) is 0 Å². The van der Waals surface area contributed by atoms with Crippen LogP contribution < -0.4 is 4.72 Å². The van der Waals surface area contributed by atoms with Crippen LogP contribution in [0.2, 0.25) is 0 Å². The molecule has 5 heteroatoms. The molecule has 4 nitrogen and oxygen atoms in total. The van der Waals surface area contributed by atoms with Gasteiger partial charge in [-0.3, -0.25) is 9.52 Å². The molecule has 0 aromatic heterocycles. The van der Waals surface area contributed by atoms with Crippen LogP contribution >= 0.6 is 11.9 Å². The van der Waals surface area contributed by atoms with E-state index in [0.29, 0.717) is 12.3 Å². The fourth-order valence-corrected chi connectivity index (χ4v) is 2.73.